The van der Waals surface area contributed by atoms with Crippen molar-refractivity contribution < 1.29 is 9.90 Å². The Kier molecular flexibility index (Phi) is 6.63. The summed E-state index contributed by atoms with van der Waals surface area (Å²) in [5.41, 5.74) is 2.89. The highest BCUT2D eigenvalue weighted by Crippen LogP contribution is 2.14. The SMILES string of the molecule is CCCCc1ccc(NC(=O)NC(CO)c2ccccc2)cc1. The number of carbonyl (C=O) groups is 1. The van der Waals surface area contributed by atoms with E-state index in [1.807, 2.05) is 54.6 Å². The fraction of sp³-hybridized carbons (Fsp3) is 0.316. The summed E-state index contributed by atoms with van der Waals surface area (Å²) in [6, 6.07) is 16.6. The molecule has 122 valence electrons. The van der Waals surface area contributed by atoms with Crippen molar-refractivity contribution in [3.8, 4) is 0 Å². The molecule has 3 N–H and O–H groups in total. The van der Waals surface area contributed by atoms with Crippen LogP contribution in [-0.4, -0.2) is 17.7 Å². The van der Waals surface area contributed by atoms with Crippen molar-refractivity contribution in [1.29, 1.82) is 0 Å². The topological polar surface area (TPSA) is 61.4 Å². The van der Waals surface area contributed by atoms with Gasteiger partial charge in [0.25, 0.3) is 0 Å². The summed E-state index contributed by atoms with van der Waals surface area (Å²) in [6.07, 6.45) is 3.40. The molecule has 0 radical (unpaired) electrons. The molecule has 0 bridgehead atoms. The zero-order valence-electron chi connectivity index (χ0n) is 13.5. The number of amides is 2. The number of urea groups is 1. The fourth-order valence-electron chi connectivity index (χ4n) is 2.38. The molecule has 2 aromatic rings. The van der Waals surface area contributed by atoms with E-state index in [9.17, 15) is 9.90 Å². The van der Waals surface area contributed by atoms with Gasteiger partial charge < -0.3 is 15.7 Å². The van der Waals surface area contributed by atoms with Crippen LogP contribution in [0, 0.1) is 0 Å². The van der Waals surface area contributed by atoms with Crippen LogP contribution >= 0.6 is 0 Å². The van der Waals surface area contributed by atoms with Gasteiger partial charge in [0.1, 0.15) is 0 Å². The zero-order valence-corrected chi connectivity index (χ0v) is 13.5. The van der Waals surface area contributed by atoms with E-state index < -0.39 is 6.04 Å². The van der Waals surface area contributed by atoms with E-state index in [1.165, 1.54) is 18.4 Å². The molecule has 4 nitrogen and oxygen atoms in total. The summed E-state index contributed by atoms with van der Waals surface area (Å²) in [5.74, 6) is 0. The summed E-state index contributed by atoms with van der Waals surface area (Å²) in [7, 11) is 0. The number of anilines is 1. The van der Waals surface area contributed by atoms with Crippen molar-refractivity contribution in [2.45, 2.75) is 32.2 Å². The molecule has 2 rings (SSSR count). The zero-order chi connectivity index (χ0) is 16.5. The summed E-state index contributed by atoms with van der Waals surface area (Å²) in [5, 5.41) is 15.0. The number of rotatable bonds is 7. The normalized spacial score (nSPS) is 11.7. The third-order valence-corrected chi connectivity index (χ3v) is 3.72. The Balaban J connectivity index is 1.91. The summed E-state index contributed by atoms with van der Waals surface area (Å²) in [6.45, 7) is 2.03. The molecule has 0 spiro atoms. The minimum Gasteiger partial charge on any atom is -0.394 e. The third-order valence-electron chi connectivity index (χ3n) is 3.72. The standard InChI is InChI=1S/C19H24N2O2/c1-2-3-7-15-10-12-17(13-11-15)20-19(23)21-18(14-22)16-8-5-4-6-9-16/h4-6,8-13,18,22H,2-3,7,14H2,1H3,(H2,20,21,23). The molecule has 0 fully saturated rings. The predicted octanol–water partition coefficient (Wildman–Crippen LogP) is 3.88. The third kappa shape index (κ3) is 5.42. The number of aryl methyl sites for hydroxylation is 1. The lowest BCUT2D eigenvalue weighted by molar-refractivity contribution is 0.225. The Morgan fingerprint density at radius 1 is 1.09 bits per heavy atom. The molecule has 0 aliphatic heterocycles. The van der Waals surface area contributed by atoms with Crippen LogP contribution in [-0.2, 0) is 6.42 Å². The number of hydrogen-bond donors (Lipinski definition) is 3. The molecule has 23 heavy (non-hydrogen) atoms. The molecule has 0 aromatic heterocycles. The van der Waals surface area contributed by atoms with E-state index in [2.05, 4.69) is 17.6 Å². The van der Waals surface area contributed by atoms with E-state index in [1.54, 1.807) is 0 Å². The Labute approximate surface area is 137 Å². The number of hydrogen-bond acceptors (Lipinski definition) is 2. The molecule has 1 atom stereocenters. The number of carbonyl (C=O) groups excluding carboxylic acids is 1. The first-order valence-electron chi connectivity index (χ1n) is 8.05. The maximum Gasteiger partial charge on any atom is 0.319 e. The molecule has 1 unspecified atom stereocenters. The Hall–Kier alpha value is -2.33. The van der Waals surface area contributed by atoms with Gasteiger partial charge in [0.05, 0.1) is 12.6 Å². The second-order valence-corrected chi connectivity index (χ2v) is 5.54. The lowest BCUT2D eigenvalue weighted by atomic mass is 10.1. The summed E-state index contributed by atoms with van der Waals surface area (Å²) >= 11 is 0. The van der Waals surface area contributed by atoms with Gasteiger partial charge in [0, 0.05) is 5.69 Å². The molecule has 0 saturated carbocycles. The highest BCUT2D eigenvalue weighted by molar-refractivity contribution is 5.89. The Morgan fingerprint density at radius 3 is 2.39 bits per heavy atom. The van der Waals surface area contributed by atoms with Crippen molar-refractivity contribution >= 4 is 11.7 Å². The van der Waals surface area contributed by atoms with E-state index in [4.69, 9.17) is 0 Å². The first-order valence-corrected chi connectivity index (χ1v) is 8.05. The van der Waals surface area contributed by atoms with Gasteiger partial charge in [-0.15, -0.1) is 0 Å². The van der Waals surface area contributed by atoms with Gasteiger partial charge in [-0.3, -0.25) is 0 Å². The summed E-state index contributed by atoms with van der Waals surface area (Å²) < 4.78 is 0. The van der Waals surface area contributed by atoms with Crippen molar-refractivity contribution in [2.75, 3.05) is 11.9 Å². The Bertz CT molecular complexity index is 597. The largest absolute Gasteiger partial charge is 0.394 e. The quantitative estimate of drug-likeness (QED) is 0.726. The van der Waals surface area contributed by atoms with Gasteiger partial charge in [0.15, 0.2) is 0 Å². The molecule has 2 aromatic carbocycles. The molecule has 0 heterocycles. The van der Waals surface area contributed by atoms with Crippen molar-refractivity contribution in [3.63, 3.8) is 0 Å². The second kappa shape index (κ2) is 8.96. The van der Waals surface area contributed by atoms with Gasteiger partial charge in [-0.05, 0) is 36.1 Å². The van der Waals surface area contributed by atoms with Crippen LogP contribution in [0.15, 0.2) is 54.6 Å². The number of benzene rings is 2. The van der Waals surface area contributed by atoms with Gasteiger partial charge in [-0.25, -0.2) is 4.79 Å². The average molecular weight is 312 g/mol. The second-order valence-electron chi connectivity index (χ2n) is 5.54. The van der Waals surface area contributed by atoms with Crippen molar-refractivity contribution in [3.05, 3.63) is 65.7 Å². The first-order chi connectivity index (χ1) is 11.2. The minimum absolute atomic E-state index is 0.145. The highest BCUT2D eigenvalue weighted by atomic mass is 16.3. The maximum absolute atomic E-state index is 12.1. The van der Waals surface area contributed by atoms with Crippen molar-refractivity contribution in [2.24, 2.45) is 0 Å². The average Bonchev–Trinajstić information content (AvgIpc) is 2.60. The molecular formula is C19H24N2O2. The lowest BCUT2D eigenvalue weighted by Crippen LogP contribution is -2.34. The first kappa shape index (κ1) is 17.0. The number of unbranched alkanes of at least 4 members (excludes halogenated alkanes) is 1. The smallest absolute Gasteiger partial charge is 0.319 e. The van der Waals surface area contributed by atoms with Gasteiger partial charge in [0.2, 0.25) is 0 Å². The van der Waals surface area contributed by atoms with E-state index in [0.717, 1.165) is 17.7 Å². The predicted molar refractivity (Wildman–Crippen MR) is 93.5 cm³/mol. The number of aliphatic hydroxyl groups is 1. The van der Waals surface area contributed by atoms with E-state index in [-0.39, 0.29) is 12.6 Å². The number of aliphatic hydroxyl groups excluding tert-OH is 1. The Morgan fingerprint density at radius 2 is 1.78 bits per heavy atom. The van der Waals surface area contributed by atoms with E-state index in [0.29, 0.717) is 0 Å². The van der Waals surface area contributed by atoms with Gasteiger partial charge in [-0.1, -0.05) is 55.8 Å². The summed E-state index contributed by atoms with van der Waals surface area (Å²) in [4.78, 5) is 12.1. The molecular weight excluding hydrogens is 288 g/mol. The van der Waals surface area contributed by atoms with Gasteiger partial charge >= 0.3 is 6.03 Å². The van der Waals surface area contributed by atoms with E-state index >= 15 is 0 Å². The molecule has 4 heteroatoms. The van der Waals surface area contributed by atoms with Crippen LogP contribution < -0.4 is 10.6 Å². The van der Waals surface area contributed by atoms with Crippen LogP contribution in [0.4, 0.5) is 10.5 Å². The van der Waals surface area contributed by atoms with Crippen LogP contribution in [0.1, 0.15) is 36.9 Å². The van der Waals surface area contributed by atoms with Crippen LogP contribution in [0.2, 0.25) is 0 Å². The fourth-order valence-corrected chi connectivity index (χ4v) is 2.38. The van der Waals surface area contributed by atoms with Crippen molar-refractivity contribution in [1.82, 2.24) is 5.32 Å². The maximum atomic E-state index is 12.1. The highest BCUT2D eigenvalue weighted by Gasteiger charge is 2.13. The molecule has 0 saturated heterocycles. The lowest BCUT2D eigenvalue weighted by Gasteiger charge is -2.17. The minimum atomic E-state index is -0.417. The molecule has 0 aliphatic rings. The van der Waals surface area contributed by atoms with Gasteiger partial charge in [-0.2, -0.15) is 0 Å². The van der Waals surface area contributed by atoms with Crippen LogP contribution in [0.25, 0.3) is 0 Å². The molecule has 0 aliphatic carbocycles. The molecule has 2 amide bonds. The van der Waals surface area contributed by atoms with Crippen LogP contribution in [0.3, 0.4) is 0 Å². The monoisotopic (exact) mass is 312 g/mol. The van der Waals surface area contributed by atoms with Crippen LogP contribution in [0.5, 0.6) is 0 Å². The number of nitrogens with one attached hydrogen (secondary N) is 2.